The van der Waals surface area contributed by atoms with Crippen molar-refractivity contribution < 1.29 is 19.8 Å². The van der Waals surface area contributed by atoms with Crippen molar-refractivity contribution in [3.63, 3.8) is 0 Å². The van der Waals surface area contributed by atoms with E-state index in [-0.39, 0.29) is 12.8 Å². The molecule has 0 spiro atoms. The summed E-state index contributed by atoms with van der Waals surface area (Å²) in [6.45, 7) is 5.25. The Balaban J connectivity index is 0. The van der Waals surface area contributed by atoms with Crippen LogP contribution in [0.3, 0.4) is 0 Å². The van der Waals surface area contributed by atoms with Crippen molar-refractivity contribution in [1.29, 1.82) is 0 Å². The zero-order valence-corrected chi connectivity index (χ0v) is 8.53. The number of rotatable bonds is 6. The van der Waals surface area contributed by atoms with Crippen LogP contribution in [0.15, 0.2) is 12.7 Å². The van der Waals surface area contributed by atoms with Gasteiger partial charge in [-0.15, -0.1) is 6.58 Å². The topological polar surface area (TPSA) is 74.6 Å². The molecule has 0 saturated heterocycles. The van der Waals surface area contributed by atoms with Gasteiger partial charge in [0.05, 0.1) is 0 Å². The highest BCUT2D eigenvalue weighted by atomic mass is 16.4. The van der Waals surface area contributed by atoms with E-state index >= 15 is 0 Å². The Bertz CT molecular complexity index is 159. The molecule has 0 bridgehead atoms. The van der Waals surface area contributed by atoms with E-state index in [1.54, 1.807) is 6.08 Å². The highest BCUT2D eigenvalue weighted by Crippen LogP contribution is 2.02. The van der Waals surface area contributed by atoms with Crippen molar-refractivity contribution in [2.75, 3.05) is 0 Å². The highest BCUT2D eigenvalue weighted by molar-refractivity contribution is 5.67. The molecule has 0 saturated carbocycles. The van der Waals surface area contributed by atoms with E-state index in [2.05, 4.69) is 6.58 Å². The minimum absolute atomic E-state index is 0.139. The van der Waals surface area contributed by atoms with Gasteiger partial charge in [-0.1, -0.05) is 12.5 Å². The molecule has 0 heterocycles. The van der Waals surface area contributed by atoms with Gasteiger partial charge in [0, 0.05) is 12.8 Å². The van der Waals surface area contributed by atoms with Crippen molar-refractivity contribution in [2.45, 2.75) is 39.0 Å². The van der Waals surface area contributed by atoms with E-state index < -0.39 is 11.9 Å². The molecule has 2 N–H and O–H groups in total. The van der Waals surface area contributed by atoms with Crippen molar-refractivity contribution in [1.82, 2.24) is 0 Å². The van der Waals surface area contributed by atoms with E-state index in [0.29, 0.717) is 19.3 Å². The number of hydrogen-bond donors (Lipinski definition) is 2. The van der Waals surface area contributed by atoms with Crippen molar-refractivity contribution in [3.8, 4) is 0 Å². The monoisotopic (exact) mass is 202 g/mol. The minimum Gasteiger partial charge on any atom is -0.481 e. The molecule has 0 fully saturated rings. The zero-order chi connectivity index (χ0) is 11.4. The number of allylic oxidation sites excluding steroid dienone is 1. The molecule has 0 atom stereocenters. The molecule has 0 aliphatic carbocycles. The summed E-state index contributed by atoms with van der Waals surface area (Å²) in [6.07, 6.45) is 3.85. The van der Waals surface area contributed by atoms with Crippen LogP contribution in [0.25, 0.3) is 0 Å². The third-order valence-corrected chi connectivity index (χ3v) is 1.28. The zero-order valence-electron chi connectivity index (χ0n) is 8.53. The molecule has 0 aliphatic heterocycles. The average molecular weight is 202 g/mol. The Morgan fingerprint density at radius 3 is 1.57 bits per heavy atom. The Kier molecular flexibility index (Phi) is 12.7. The number of carboxylic acids is 2. The maximum Gasteiger partial charge on any atom is 0.303 e. The number of hydrogen-bond acceptors (Lipinski definition) is 2. The van der Waals surface area contributed by atoms with Crippen molar-refractivity contribution in [3.05, 3.63) is 12.7 Å². The molecule has 0 unspecified atom stereocenters. The van der Waals surface area contributed by atoms with Crippen LogP contribution >= 0.6 is 0 Å². The molecular weight excluding hydrogens is 184 g/mol. The predicted octanol–water partition coefficient (Wildman–Crippen LogP) is 2.30. The molecule has 0 aromatic rings. The summed E-state index contributed by atoms with van der Waals surface area (Å²) in [7, 11) is 0. The summed E-state index contributed by atoms with van der Waals surface area (Å²) in [5, 5.41) is 16.4. The summed E-state index contributed by atoms with van der Waals surface area (Å²) < 4.78 is 0. The number of carboxylic acid groups (broad SMARTS) is 2. The normalized spacial score (nSPS) is 8.36. The fourth-order valence-electron chi connectivity index (χ4n) is 0.729. The largest absolute Gasteiger partial charge is 0.481 e. The number of carbonyl (C=O) groups is 2. The third-order valence-electron chi connectivity index (χ3n) is 1.28. The number of unbranched alkanes of at least 4 members (excludes halogenated alkanes) is 2. The smallest absolute Gasteiger partial charge is 0.303 e. The molecule has 0 amide bonds. The average Bonchev–Trinajstić information content (AvgIpc) is 2.04. The van der Waals surface area contributed by atoms with Crippen LogP contribution in [0, 0.1) is 0 Å². The van der Waals surface area contributed by atoms with Crippen LogP contribution < -0.4 is 0 Å². The summed E-state index contributed by atoms with van der Waals surface area (Å²) in [5.41, 5.74) is 0. The van der Waals surface area contributed by atoms with E-state index in [4.69, 9.17) is 10.2 Å². The van der Waals surface area contributed by atoms with Gasteiger partial charge in [-0.25, -0.2) is 0 Å². The summed E-state index contributed by atoms with van der Waals surface area (Å²) in [5.74, 6) is -1.64. The van der Waals surface area contributed by atoms with Gasteiger partial charge >= 0.3 is 11.9 Å². The van der Waals surface area contributed by atoms with Gasteiger partial charge in [0.2, 0.25) is 0 Å². The van der Waals surface area contributed by atoms with E-state index in [0.717, 1.165) is 0 Å². The molecule has 82 valence electrons. The van der Waals surface area contributed by atoms with E-state index in [1.807, 2.05) is 6.92 Å². The van der Waals surface area contributed by atoms with Gasteiger partial charge < -0.3 is 10.2 Å². The maximum atomic E-state index is 9.98. The Morgan fingerprint density at radius 2 is 1.36 bits per heavy atom. The molecule has 0 rings (SSSR count). The molecule has 0 aromatic heterocycles. The lowest BCUT2D eigenvalue weighted by Gasteiger charge is -1.94. The minimum atomic E-state index is -0.819. The van der Waals surface area contributed by atoms with Crippen LogP contribution in [0.5, 0.6) is 0 Å². The standard InChI is InChI=1S/C7H12O4.C3H6/c8-6(9)4-2-1-3-5-7(10)11;1-3-2/h1-5H2,(H,8,9)(H,10,11);3H,1H2,2H3. The SMILES string of the molecule is C=CC.O=C(O)CCCCCC(=O)O. The number of aliphatic carboxylic acids is 2. The first-order valence-electron chi connectivity index (χ1n) is 4.55. The molecule has 4 heteroatoms. The van der Waals surface area contributed by atoms with Gasteiger partial charge in [0.1, 0.15) is 0 Å². The lowest BCUT2D eigenvalue weighted by molar-refractivity contribution is -0.137. The molecule has 14 heavy (non-hydrogen) atoms. The molecule has 0 radical (unpaired) electrons. The van der Waals surface area contributed by atoms with E-state index in [9.17, 15) is 9.59 Å². The van der Waals surface area contributed by atoms with E-state index in [1.165, 1.54) is 0 Å². The van der Waals surface area contributed by atoms with Crippen LogP contribution in [0.1, 0.15) is 39.0 Å². The Morgan fingerprint density at radius 1 is 1.07 bits per heavy atom. The first kappa shape index (κ1) is 15.2. The second kappa shape index (κ2) is 11.7. The maximum absolute atomic E-state index is 9.98. The first-order chi connectivity index (χ1) is 6.54. The first-order valence-corrected chi connectivity index (χ1v) is 4.55. The fraction of sp³-hybridized carbons (Fsp3) is 0.600. The lowest BCUT2D eigenvalue weighted by Crippen LogP contribution is -1.96. The summed E-state index contributed by atoms with van der Waals surface area (Å²) in [6, 6.07) is 0. The van der Waals surface area contributed by atoms with Gasteiger partial charge in [0.25, 0.3) is 0 Å². The quantitative estimate of drug-likeness (QED) is 0.512. The second-order valence-electron chi connectivity index (χ2n) is 2.76. The summed E-state index contributed by atoms with van der Waals surface area (Å²) >= 11 is 0. The molecular formula is C10H18O4. The van der Waals surface area contributed by atoms with Crippen molar-refractivity contribution in [2.24, 2.45) is 0 Å². The van der Waals surface area contributed by atoms with Gasteiger partial charge in [-0.3, -0.25) is 9.59 Å². The fourth-order valence-corrected chi connectivity index (χ4v) is 0.729. The predicted molar refractivity (Wildman–Crippen MR) is 54.2 cm³/mol. The molecule has 0 aromatic carbocycles. The van der Waals surface area contributed by atoms with Crippen LogP contribution in [-0.2, 0) is 9.59 Å². The Labute approximate surface area is 84.3 Å². The van der Waals surface area contributed by atoms with Crippen LogP contribution in [-0.4, -0.2) is 22.2 Å². The third kappa shape index (κ3) is 22.4. The lowest BCUT2D eigenvalue weighted by atomic mass is 10.1. The highest BCUT2D eigenvalue weighted by Gasteiger charge is 1.98. The van der Waals surface area contributed by atoms with Crippen LogP contribution in [0.2, 0.25) is 0 Å². The van der Waals surface area contributed by atoms with Gasteiger partial charge in [-0.2, -0.15) is 0 Å². The second-order valence-corrected chi connectivity index (χ2v) is 2.76. The Hall–Kier alpha value is -1.32. The van der Waals surface area contributed by atoms with Crippen LogP contribution in [0.4, 0.5) is 0 Å². The van der Waals surface area contributed by atoms with Gasteiger partial charge in [0.15, 0.2) is 0 Å². The molecule has 0 aliphatic rings. The van der Waals surface area contributed by atoms with Gasteiger partial charge in [-0.05, 0) is 19.8 Å². The van der Waals surface area contributed by atoms with Crippen molar-refractivity contribution >= 4 is 11.9 Å². The molecule has 4 nitrogen and oxygen atoms in total. The summed E-state index contributed by atoms with van der Waals surface area (Å²) in [4.78, 5) is 20.0.